The Bertz CT molecular complexity index is 1200. The first-order valence-electron chi connectivity index (χ1n) is 16.0. The Hall–Kier alpha value is -2.52. The van der Waals surface area contributed by atoms with Crippen molar-refractivity contribution in [2.45, 2.75) is 61.9 Å². The lowest BCUT2D eigenvalue weighted by molar-refractivity contribution is -0.0438. The number of benzene rings is 2. The second-order valence-corrected chi connectivity index (χ2v) is 13.6. The molecule has 42 heavy (non-hydrogen) atoms. The molecule has 0 amide bonds. The molecular weight excluding hydrogens is 536 g/mol. The summed E-state index contributed by atoms with van der Waals surface area (Å²) < 4.78 is 47.5. The van der Waals surface area contributed by atoms with Crippen LogP contribution in [0.5, 0.6) is 23.0 Å². The molecule has 0 spiro atoms. The maximum absolute atomic E-state index is 6.64. The highest BCUT2D eigenvalue weighted by Gasteiger charge is 2.60. The highest BCUT2D eigenvalue weighted by molar-refractivity contribution is 5.58. The minimum atomic E-state index is -0.219. The normalized spacial score (nSPS) is 38.2. The van der Waals surface area contributed by atoms with Crippen LogP contribution in [0.4, 0.5) is 0 Å². The van der Waals surface area contributed by atoms with Gasteiger partial charge in [0.15, 0.2) is 0 Å². The fraction of sp³-hybridized carbons (Fsp3) is 0.647. The Morgan fingerprint density at radius 3 is 1.29 bits per heavy atom. The van der Waals surface area contributed by atoms with Gasteiger partial charge in [0.25, 0.3) is 0 Å². The molecule has 3 unspecified atom stereocenters. The summed E-state index contributed by atoms with van der Waals surface area (Å²) >= 11 is 0. The monoisotopic (exact) mass is 576 g/mol. The lowest BCUT2D eigenvalue weighted by Crippen LogP contribution is -2.56. The molecule has 4 saturated heterocycles. The molecule has 0 aromatic heterocycles. The van der Waals surface area contributed by atoms with Crippen LogP contribution < -0.4 is 18.9 Å². The Morgan fingerprint density at radius 2 is 0.905 bits per heavy atom. The van der Waals surface area contributed by atoms with Crippen molar-refractivity contribution in [1.29, 1.82) is 0 Å². The molecule has 8 aliphatic rings. The highest BCUT2D eigenvalue weighted by Crippen LogP contribution is 2.67. The largest absolute Gasteiger partial charge is 0.491 e. The number of hydrogen-bond acceptors (Lipinski definition) is 8. The summed E-state index contributed by atoms with van der Waals surface area (Å²) in [6.45, 7) is 5.32. The van der Waals surface area contributed by atoms with Crippen molar-refractivity contribution in [3.63, 3.8) is 0 Å². The van der Waals surface area contributed by atoms with E-state index in [1.807, 2.05) is 0 Å². The van der Waals surface area contributed by atoms with Crippen molar-refractivity contribution in [2.75, 3.05) is 52.9 Å². The summed E-state index contributed by atoms with van der Waals surface area (Å²) in [4.78, 5) is 0. The molecule has 0 N–H and O–H groups in total. The molecular formula is C34H40O8. The average Bonchev–Trinajstić information content (AvgIpc) is 3.81. The molecule has 4 saturated carbocycles. The van der Waals surface area contributed by atoms with Gasteiger partial charge in [0.2, 0.25) is 0 Å². The van der Waals surface area contributed by atoms with Crippen LogP contribution >= 0.6 is 0 Å². The number of hydrogen-bond donors (Lipinski definition) is 0. The van der Waals surface area contributed by atoms with Crippen LogP contribution in [0.25, 0.3) is 0 Å². The SMILES string of the molecule is c1cc(C2(c3ccc(OC[C@@H]4CO4)cc3OCC3CO3)C3CC4CC(C3)CC2C4)c(OCC2CO2)cc1OCC1CO1. The van der Waals surface area contributed by atoms with E-state index in [2.05, 4.69) is 36.4 Å². The zero-order chi connectivity index (χ0) is 27.7. The first kappa shape index (κ1) is 25.9. The number of ether oxygens (including phenoxy) is 8. The summed E-state index contributed by atoms with van der Waals surface area (Å²) in [6.07, 6.45) is 7.12. The molecule has 4 aliphatic heterocycles. The summed E-state index contributed by atoms with van der Waals surface area (Å²) in [5.74, 6) is 6.15. The third-order valence-corrected chi connectivity index (χ3v) is 10.6. The van der Waals surface area contributed by atoms with Crippen LogP contribution in [0.3, 0.4) is 0 Å². The third kappa shape index (κ3) is 5.04. The summed E-state index contributed by atoms with van der Waals surface area (Å²) in [6, 6.07) is 13.1. The highest BCUT2D eigenvalue weighted by atomic mass is 16.6. The van der Waals surface area contributed by atoms with Crippen LogP contribution in [-0.4, -0.2) is 77.3 Å². The van der Waals surface area contributed by atoms with Gasteiger partial charge in [-0.05, 0) is 67.9 Å². The molecule has 2 aromatic carbocycles. The Balaban J connectivity index is 1.15. The van der Waals surface area contributed by atoms with E-state index in [4.69, 9.17) is 37.9 Å². The standard InChI is InChI=1S/C34H40O8/c1-3-30(32(41-18-28-16-39-28)10-24(1)35-12-26-14-37-26)34(22-6-20-5-21(8-22)9-23(34)7-20)31-4-2-25(36-13-27-15-38-27)11-33(31)42-19-29-17-40-29/h1-4,10-11,20-23,26-29H,5-9,12-19H2/t20?,21?,22?,23?,26-,27?,28?,29?,34?/m1/s1. The molecule has 224 valence electrons. The summed E-state index contributed by atoms with van der Waals surface area (Å²) in [5.41, 5.74) is 2.31. The lowest BCUT2D eigenvalue weighted by atomic mass is 9.42. The van der Waals surface area contributed by atoms with Crippen molar-refractivity contribution >= 4 is 0 Å². The van der Waals surface area contributed by atoms with E-state index in [0.29, 0.717) is 38.3 Å². The summed E-state index contributed by atoms with van der Waals surface area (Å²) in [5, 5.41) is 0. The molecule has 2 aromatic rings. The smallest absolute Gasteiger partial charge is 0.127 e. The van der Waals surface area contributed by atoms with Gasteiger partial charge < -0.3 is 37.9 Å². The quantitative estimate of drug-likeness (QED) is 0.303. The summed E-state index contributed by atoms with van der Waals surface area (Å²) in [7, 11) is 0. The number of rotatable bonds is 14. The minimum absolute atomic E-state index is 0.168. The third-order valence-electron chi connectivity index (χ3n) is 10.6. The fourth-order valence-electron chi connectivity index (χ4n) is 8.46. The number of epoxide rings is 4. The molecule has 8 nitrogen and oxygen atoms in total. The zero-order valence-electron chi connectivity index (χ0n) is 24.0. The van der Waals surface area contributed by atoms with Crippen LogP contribution in [0.1, 0.15) is 43.2 Å². The van der Waals surface area contributed by atoms with Crippen LogP contribution in [0.15, 0.2) is 36.4 Å². The maximum atomic E-state index is 6.64. The van der Waals surface area contributed by atoms with Gasteiger partial charge in [-0.2, -0.15) is 0 Å². The molecule has 4 atom stereocenters. The molecule has 10 rings (SSSR count). The van der Waals surface area contributed by atoms with E-state index in [0.717, 1.165) is 61.3 Å². The van der Waals surface area contributed by atoms with Gasteiger partial charge in [0.1, 0.15) is 73.8 Å². The van der Waals surface area contributed by atoms with Crippen LogP contribution in [0.2, 0.25) is 0 Å². The molecule has 4 bridgehead atoms. The van der Waals surface area contributed by atoms with Crippen molar-refractivity contribution in [3.8, 4) is 23.0 Å². The van der Waals surface area contributed by atoms with Gasteiger partial charge in [-0.3, -0.25) is 0 Å². The van der Waals surface area contributed by atoms with Crippen molar-refractivity contribution in [1.82, 2.24) is 0 Å². The average molecular weight is 577 g/mol. The minimum Gasteiger partial charge on any atom is -0.491 e. The van der Waals surface area contributed by atoms with E-state index in [1.54, 1.807) is 0 Å². The van der Waals surface area contributed by atoms with E-state index >= 15 is 0 Å². The van der Waals surface area contributed by atoms with Crippen LogP contribution in [0, 0.1) is 23.7 Å². The van der Waals surface area contributed by atoms with E-state index in [-0.39, 0.29) is 29.8 Å². The first-order valence-corrected chi connectivity index (χ1v) is 16.0. The molecule has 8 fully saturated rings. The predicted molar refractivity (Wildman–Crippen MR) is 152 cm³/mol. The first-order chi connectivity index (χ1) is 20.7. The second kappa shape index (κ2) is 10.3. The molecule has 8 heteroatoms. The van der Waals surface area contributed by atoms with Gasteiger partial charge in [-0.15, -0.1) is 0 Å². The van der Waals surface area contributed by atoms with Gasteiger partial charge in [-0.25, -0.2) is 0 Å². The topological polar surface area (TPSA) is 87.0 Å². The fourth-order valence-corrected chi connectivity index (χ4v) is 8.46. The van der Waals surface area contributed by atoms with E-state index in [1.165, 1.54) is 43.2 Å². The van der Waals surface area contributed by atoms with Crippen LogP contribution in [-0.2, 0) is 24.4 Å². The van der Waals surface area contributed by atoms with E-state index in [9.17, 15) is 0 Å². The van der Waals surface area contributed by atoms with Crippen molar-refractivity contribution in [2.24, 2.45) is 23.7 Å². The second-order valence-electron chi connectivity index (χ2n) is 13.6. The zero-order valence-corrected chi connectivity index (χ0v) is 24.0. The molecule has 4 heterocycles. The Morgan fingerprint density at radius 1 is 0.524 bits per heavy atom. The lowest BCUT2D eigenvalue weighted by Gasteiger charge is -2.62. The Kier molecular flexibility index (Phi) is 6.35. The predicted octanol–water partition coefficient (Wildman–Crippen LogP) is 4.54. The van der Waals surface area contributed by atoms with Gasteiger partial charge in [0, 0.05) is 28.7 Å². The van der Waals surface area contributed by atoms with Crippen molar-refractivity contribution < 1.29 is 37.9 Å². The molecule has 4 aliphatic carbocycles. The van der Waals surface area contributed by atoms with Gasteiger partial charge in [0.05, 0.1) is 26.4 Å². The maximum Gasteiger partial charge on any atom is 0.127 e. The Labute approximate surface area is 246 Å². The van der Waals surface area contributed by atoms with Gasteiger partial charge in [-0.1, -0.05) is 12.1 Å². The van der Waals surface area contributed by atoms with Crippen molar-refractivity contribution in [3.05, 3.63) is 47.5 Å². The molecule has 0 radical (unpaired) electrons. The van der Waals surface area contributed by atoms with E-state index < -0.39 is 0 Å². The van der Waals surface area contributed by atoms with Gasteiger partial charge >= 0.3 is 0 Å².